The van der Waals surface area contributed by atoms with Gasteiger partial charge in [-0.1, -0.05) is 71.9 Å². The molecule has 4 aromatic carbocycles. The standard InChI is InChI=1S/C31H32N4O5/c1-39-28-18-24(14-17-27(28)40-20-21-8-4-2-5-9-21)29(33-25-15-12-23(13-16-25)30(32)35-38)31(37)34-26(19-36)22-10-6-3-7-11-22/h2-18,26,29,33,36,38H,19-20H2,1H3,(H2,32,35)(H,34,37)/t26-,29-/m0/s1. The number of carbonyl (C=O) groups is 1. The Balaban J connectivity index is 1.62. The number of aliphatic hydroxyl groups is 1. The predicted octanol–water partition coefficient (Wildman–Crippen LogP) is 4.37. The molecular weight excluding hydrogens is 508 g/mol. The van der Waals surface area contributed by atoms with Crippen LogP contribution in [0.3, 0.4) is 0 Å². The fourth-order valence-corrected chi connectivity index (χ4v) is 4.15. The van der Waals surface area contributed by atoms with Gasteiger partial charge in [-0.3, -0.25) is 4.79 Å². The van der Waals surface area contributed by atoms with Gasteiger partial charge in [-0.15, -0.1) is 0 Å². The molecule has 0 aliphatic rings. The maximum atomic E-state index is 13.7. The number of benzene rings is 4. The highest BCUT2D eigenvalue weighted by Crippen LogP contribution is 2.33. The van der Waals surface area contributed by atoms with Gasteiger partial charge >= 0.3 is 0 Å². The van der Waals surface area contributed by atoms with Crippen LogP contribution in [0.5, 0.6) is 11.5 Å². The van der Waals surface area contributed by atoms with E-state index in [9.17, 15) is 9.90 Å². The Labute approximate surface area is 232 Å². The van der Waals surface area contributed by atoms with E-state index in [1.54, 1.807) is 49.6 Å². The third-order valence-corrected chi connectivity index (χ3v) is 6.32. The second kappa shape index (κ2) is 13.7. The highest BCUT2D eigenvalue weighted by atomic mass is 16.5. The second-order valence-corrected chi connectivity index (χ2v) is 8.98. The SMILES string of the molecule is COc1cc([C@H](Nc2ccc(/C(N)=N/O)cc2)C(=O)N[C@@H](CO)c2ccccc2)ccc1OCc1ccccc1. The van der Waals surface area contributed by atoms with Gasteiger partial charge in [0, 0.05) is 11.3 Å². The molecule has 0 aromatic heterocycles. The molecule has 0 heterocycles. The van der Waals surface area contributed by atoms with Crippen molar-refractivity contribution in [2.75, 3.05) is 19.0 Å². The van der Waals surface area contributed by atoms with Gasteiger partial charge in [-0.2, -0.15) is 0 Å². The van der Waals surface area contributed by atoms with Crippen LogP contribution in [0, 0.1) is 0 Å². The van der Waals surface area contributed by atoms with E-state index in [1.807, 2.05) is 60.7 Å². The molecule has 9 nitrogen and oxygen atoms in total. The quantitative estimate of drug-likeness (QED) is 0.0778. The molecule has 9 heteroatoms. The number of hydrogen-bond acceptors (Lipinski definition) is 7. The molecule has 0 radical (unpaired) electrons. The Morgan fingerprint density at radius 1 is 0.900 bits per heavy atom. The fourth-order valence-electron chi connectivity index (χ4n) is 4.15. The molecule has 4 aromatic rings. The van der Waals surface area contributed by atoms with Gasteiger partial charge in [-0.25, -0.2) is 0 Å². The molecule has 0 spiro atoms. The minimum Gasteiger partial charge on any atom is -0.493 e. The third-order valence-electron chi connectivity index (χ3n) is 6.32. The van der Waals surface area contributed by atoms with Crippen LogP contribution < -0.4 is 25.8 Å². The summed E-state index contributed by atoms with van der Waals surface area (Å²) in [6, 6.07) is 29.7. The monoisotopic (exact) mass is 540 g/mol. The van der Waals surface area contributed by atoms with Crippen molar-refractivity contribution in [3.63, 3.8) is 0 Å². The summed E-state index contributed by atoms with van der Waals surface area (Å²) in [4.78, 5) is 13.7. The van der Waals surface area contributed by atoms with E-state index in [0.717, 1.165) is 11.1 Å². The molecule has 0 fully saturated rings. The first-order valence-corrected chi connectivity index (χ1v) is 12.7. The van der Waals surface area contributed by atoms with Crippen molar-refractivity contribution in [2.45, 2.75) is 18.7 Å². The lowest BCUT2D eigenvalue weighted by Crippen LogP contribution is -2.37. The number of methoxy groups -OCH3 is 1. The fraction of sp³-hybridized carbons (Fsp3) is 0.161. The number of aliphatic hydroxyl groups excluding tert-OH is 1. The molecule has 40 heavy (non-hydrogen) atoms. The number of nitrogens with two attached hydrogens (primary N) is 1. The van der Waals surface area contributed by atoms with Crippen molar-refractivity contribution < 1.29 is 24.6 Å². The Bertz CT molecular complexity index is 1410. The van der Waals surface area contributed by atoms with E-state index in [1.165, 1.54) is 0 Å². The van der Waals surface area contributed by atoms with Crippen LogP contribution in [0.15, 0.2) is 108 Å². The average Bonchev–Trinajstić information content (AvgIpc) is 3.02. The zero-order chi connectivity index (χ0) is 28.3. The minimum absolute atomic E-state index is 0.0229. The number of rotatable bonds is 12. The maximum absolute atomic E-state index is 13.7. The van der Waals surface area contributed by atoms with E-state index >= 15 is 0 Å². The molecule has 2 atom stereocenters. The smallest absolute Gasteiger partial charge is 0.247 e. The number of hydrogen-bond donors (Lipinski definition) is 5. The summed E-state index contributed by atoms with van der Waals surface area (Å²) >= 11 is 0. The Morgan fingerprint density at radius 3 is 2.20 bits per heavy atom. The Morgan fingerprint density at radius 2 is 1.57 bits per heavy atom. The number of nitrogens with zero attached hydrogens (tertiary/aromatic N) is 1. The molecule has 0 aliphatic carbocycles. The lowest BCUT2D eigenvalue weighted by molar-refractivity contribution is -0.123. The van der Waals surface area contributed by atoms with E-state index in [0.29, 0.717) is 34.9 Å². The number of amides is 1. The number of ether oxygens (including phenoxy) is 2. The molecular formula is C31H32N4O5. The number of anilines is 1. The van der Waals surface area contributed by atoms with Gasteiger partial charge in [0.05, 0.1) is 19.8 Å². The Kier molecular flexibility index (Phi) is 9.58. The number of amidine groups is 1. The minimum atomic E-state index is -0.857. The zero-order valence-electron chi connectivity index (χ0n) is 22.0. The van der Waals surface area contributed by atoms with Crippen molar-refractivity contribution >= 4 is 17.4 Å². The van der Waals surface area contributed by atoms with E-state index in [-0.39, 0.29) is 18.3 Å². The summed E-state index contributed by atoms with van der Waals surface area (Å²) < 4.78 is 11.6. The first-order valence-electron chi connectivity index (χ1n) is 12.7. The number of oxime groups is 1. The van der Waals surface area contributed by atoms with E-state index < -0.39 is 12.1 Å². The molecule has 0 saturated heterocycles. The van der Waals surface area contributed by atoms with Crippen molar-refractivity contribution in [2.24, 2.45) is 10.9 Å². The predicted molar refractivity (Wildman–Crippen MR) is 153 cm³/mol. The van der Waals surface area contributed by atoms with Gasteiger partial charge in [0.2, 0.25) is 5.91 Å². The van der Waals surface area contributed by atoms with Gasteiger partial charge in [0.25, 0.3) is 0 Å². The van der Waals surface area contributed by atoms with Gasteiger partial charge < -0.3 is 36.2 Å². The molecule has 1 amide bonds. The Hall–Kier alpha value is -5.02. The third kappa shape index (κ3) is 7.09. The molecule has 6 N–H and O–H groups in total. The van der Waals surface area contributed by atoms with E-state index in [4.69, 9.17) is 20.4 Å². The molecule has 0 saturated carbocycles. The normalized spacial score (nSPS) is 12.7. The summed E-state index contributed by atoms with van der Waals surface area (Å²) in [5.41, 5.74) is 9.25. The summed E-state index contributed by atoms with van der Waals surface area (Å²) in [5.74, 6) is 0.626. The van der Waals surface area contributed by atoms with Crippen molar-refractivity contribution in [1.29, 1.82) is 0 Å². The van der Waals surface area contributed by atoms with Crippen molar-refractivity contribution in [3.05, 3.63) is 125 Å². The lowest BCUT2D eigenvalue weighted by atomic mass is 10.0. The molecule has 0 unspecified atom stereocenters. The highest BCUT2D eigenvalue weighted by molar-refractivity contribution is 5.97. The van der Waals surface area contributed by atoms with Crippen LogP contribution >= 0.6 is 0 Å². The van der Waals surface area contributed by atoms with Crippen LogP contribution in [0.4, 0.5) is 5.69 Å². The summed E-state index contributed by atoms with van der Waals surface area (Å²) in [6.45, 7) is 0.0904. The van der Waals surface area contributed by atoms with Crippen LogP contribution in [0.1, 0.15) is 34.3 Å². The second-order valence-electron chi connectivity index (χ2n) is 8.98. The summed E-state index contributed by atoms with van der Waals surface area (Å²) in [7, 11) is 1.54. The van der Waals surface area contributed by atoms with Crippen LogP contribution in [-0.4, -0.2) is 35.8 Å². The maximum Gasteiger partial charge on any atom is 0.247 e. The first kappa shape index (κ1) is 28.0. The lowest BCUT2D eigenvalue weighted by Gasteiger charge is -2.24. The van der Waals surface area contributed by atoms with Crippen molar-refractivity contribution in [3.8, 4) is 11.5 Å². The van der Waals surface area contributed by atoms with Gasteiger partial charge in [0.15, 0.2) is 17.3 Å². The van der Waals surface area contributed by atoms with Gasteiger partial charge in [-0.05, 0) is 53.1 Å². The van der Waals surface area contributed by atoms with E-state index in [2.05, 4.69) is 15.8 Å². The summed E-state index contributed by atoms with van der Waals surface area (Å²) in [5, 5.41) is 28.2. The first-order chi connectivity index (χ1) is 19.5. The molecule has 4 rings (SSSR count). The number of nitrogens with one attached hydrogen (secondary N) is 2. The number of carbonyl (C=O) groups excluding carboxylic acids is 1. The molecule has 206 valence electrons. The van der Waals surface area contributed by atoms with Crippen LogP contribution in [-0.2, 0) is 11.4 Å². The van der Waals surface area contributed by atoms with Crippen molar-refractivity contribution in [1.82, 2.24) is 5.32 Å². The van der Waals surface area contributed by atoms with Crippen LogP contribution in [0.25, 0.3) is 0 Å². The topological polar surface area (TPSA) is 138 Å². The average molecular weight is 541 g/mol. The molecule has 0 aliphatic heterocycles. The largest absolute Gasteiger partial charge is 0.493 e. The highest BCUT2D eigenvalue weighted by Gasteiger charge is 2.25. The summed E-state index contributed by atoms with van der Waals surface area (Å²) in [6.07, 6.45) is 0. The van der Waals surface area contributed by atoms with Gasteiger partial charge in [0.1, 0.15) is 12.6 Å². The molecule has 0 bridgehead atoms. The van der Waals surface area contributed by atoms with Crippen LogP contribution in [0.2, 0.25) is 0 Å². The zero-order valence-corrected chi connectivity index (χ0v) is 22.0.